The molecule has 1 rings (SSSR count). The van der Waals surface area contributed by atoms with Gasteiger partial charge in [0.15, 0.2) is 6.29 Å². The van der Waals surface area contributed by atoms with Gasteiger partial charge in [0, 0.05) is 0 Å². The molecular weight excluding hydrogens is 304 g/mol. The fourth-order valence-electron chi connectivity index (χ4n) is 2.11. The van der Waals surface area contributed by atoms with Crippen LogP contribution in [0.25, 0.3) is 0 Å². The van der Waals surface area contributed by atoms with Crippen LogP contribution in [-0.2, 0) is 9.47 Å². The summed E-state index contributed by atoms with van der Waals surface area (Å²) in [5, 5.41) is 75.9. The molecule has 9 atom stereocenters. The van der Waals surface area contributed by atoms with Gasteiger partial charge in [-0.05, 0) is 6.92 Å². The molecule has 1 aliphatic rings. The van der Waals surface area contributed by atoms with Crippen LogP contribution < -0.4 is 0 Å². The molecule has 0 aliphatic carbocycles. The monoisotopic (exact) mass is 328 g/mol. The Morgan fingerprint density at radius 1 is 1.00 bits per heavy atom. The third-order valence-electron chi connectivity index (χ3n) is 3.54. The molecule has 1 heterocycles. The highest BCUT2D eigenvalue weighted by atomic mass is 16.7. The average Bonchev–Trinajstić information content (AvgIpc) is 2.50. The Bertz CT molecular complexity index is 325. The van der Waals surface area contributed by atoms with Crippen molar-refractivity contribution >= 4 is 0 Å². The van der Waals surface area contributed by atoms with E-state index in [-0.39, 0.29) is 0 Å². The van der Waals surface area contributed by atoms with Crippen LogP contribution in [0, 0.1) is 0 Å². The Morgan fingerprint density at radius 2 is 1.59 bits per heavy atom. The van der Waals surface area contributed by atoms with E-state index in [0.29, 0.717) is 0 Å². The Kier molecular flexibility index (Phi) is 7.55. The predicted octanol–water partition coefficient (Wildman–Crippen LogP) is -4.73. The maximum Gasteiger partial charge on any atom is 0.187 e. The lowest BCUT2D eigenvalue weighted by atomic mass is 9.98. The number of hydrogen-bond donors (Lipinski definition) is 8. The highest BCUT2D eigenvalue weighted by molar-refractivity contribution is 4.90. The zero-order valence-corrected chi connectivity index (χ0v) is 12.0. The molecule has 10 heteroatoms. The largest absolute Gasteiger partial charge is 0.394 e. The van der Waals surface area contributed by atoms with E-state index in [0.717, 1.165) is 0 Å². The molecule has 1 aliphatic heterocycles. The molecule has 0 aromatic heterocycles. The first-order chi connectivity index (χ1) is 10.2. The van der Waals surface area contributed by atoms with E-state index in [9.17, 15) is 30.6 Å². The minimum Gasteiger partial charge on any atom is -0.394 e. The van der Waals surface area contributed by atoms with Crippen molar-refractivity contribution in [2.45, 2.75) is 62.0 Å². The van der Waals surface area contributed by atoms with Crippen LogP contribution in [0.15, 0.2) is 0 Å². The van der Waals surface area contributed by atoms with Crippen LogP contribution in [0.3, 0.4) is 0 Å². The molecule has 22 heavy (non-hydrogen) atoms. The first kappa shape index (κ1) is 19.6. The van der Waals surface area contributed by atoms with Gasteiger partial charge in [-0.25, -0.2) is 0 Å². The topological polar surface area (TPSA) is 180 Å². The SMILES string of the molecule is C[C@H](O)C(O)[C@H](O[C@H]1OC(CO)[C@@H](O)C(O)[C@H]1O)C(O)CO. The zero-order valence-electron chi connectivity index (χ0n) is 12.0. The summed E-state index contributed by atoms with van der Waals surface area (Å²) in [4.78, 5) is 0. The number of rotatable bonds is 7. The van der Waals surface area contributed by atoms with Gasteiger partial charge >= 0.3 is 0 Å². The van der Waals surface area contributed by atoms with Crippen LogP contribution in [0.5, 0.6) is 0 Å². The lowest BCUT2D eigenvalue weighted by molar-refractivity contribution is -0.326. The zero-order chi connectivity index (χ0) is 17.0. The van der Waals surface area contributed by atoms with Gasteiger partial charge in [0.1, 0.15) is 42.7 Å². The van der Waals surface area contributed by atoms with Crippen molar-refractivity contribution in [1.29, 1.82) is 0 Å². The van der Waals surface area contributed by atoms with Crippen molar-refractivity contribution in [3.63, 3.8) is 0 Å². The van der Waals surface area contributed by atoms with Gasteiger partial charge < -0.3 is 50.3 Å². The Hall–Kier alpha value is -0.400. The molecular formula is C12H24O10. The minimum atomic E-state index is -1.73. The molecule has 4 unspecified atom stereocenters. The van der Waals surface area contributed by atoms with Gasteiger partial charge in [-0.1, -0.05) is 0 Å². The van der Waals surface area contributed by atoms with Crippen LogP contribution in [0.4, 0.5) is 0 Å². The van der Waals surface area contributed by atoms with E-state index in [4.69, 9.17) is 19.7 Å². The molecule has 0 spiro atoms. The maximum atomic E-state index is 9.82. The molecule has 0 saturated carbocycles. The van der Waals surface area contributed by atoms with Crippen molar-refractivity contribution < 1.29 is 50.3 Å². The van der Waals surface area contributed by atoms with Crippen LogP contribution in [0.1, 0.15) is 6.92 Å². The molecule has 10 nitrogen and oxygen atoms in total. The number of aliphatic hydroxyl groups excluding tert-OH is 8. The summed E-state index contributed by atoms with van der Waals surface area (Å²) in [6, 6.07) is 0. The van der Waals surface area contributed by atoms with Crippen LogP contribution in [-0.4, -0.2) is 109 Å². The second-order valence-electron chi connectivity index (χ2n) is 5.28. The van der Waals surface area contributed by atoms with Crippen molar-refractivity contribution in [2.75, 3.05) is 13.2 Å². The van der Waals surface area contributed by atoms with Crippen molar-refractivity contribution in [2.24, 2.45) is 0 Å². The van der Waals surface area contributed by atoms with E-state index >= 15 is 0 Å². The summed E-state index contributed by atoms with van der Waals surface area (Å²) in [5.74, 6) is 0. The molecule has 132 valence electrons. The first-order valence-electron chi connectivity index (χ1n) is 6.85. The maximum absolute atomic E-state index is 9.82. The second kappa shape index (κ2) is 8.45. The standard InChI is InChI=1S/C12H24O10/c1-4(15)7(17)11(5(16)2-13)22-12-10(20)9(19)8(18)6(3-14)21-12/h4-20H,2-3H2,1H3/t4-,5?,6?,7?,8+,9?,10+,11+,12+/m0/s1. The van der Waals surface area contributed by atoms with Gasteiger partial charge in [0.2, 0.25) is 0 Å². The van der Waals surface area contributed by atoms with Crippen molar-refractivity contribution in [1.82, 2.24) is 0 Å². The third-order valence-corrected chi connectivity index (χ3v) is 3.54. The lowest BCUT2D eigenvalue weighted by Crippen LogP contribution is -2.61. The summed E-state index contributed by atoms with van der Waals surface area (Å²) >= 11 is 0. The summed E-state index contributed by atoms with van der Waals surface area (Å²) in [7, 11) is 0. The Labute approximate surface area is 126 Å². The van der Waals surface area contributed by atoms with E-state index in [1.54, 1.807) is 0 Å². The van der Waals surface area contributed by atoms with E-state index in [2.05, 4.69) is 0 Å². The third kappa shape index (κ3) is 4.32. The summed E-state index contributed by atoms with van der Waals surface area (Å²) < 4.78 is 10.2. The van der Waals surface area contributed by atoms with Gasteiger partial charge in [-0.15, -0.1) is 0 Å². The predicted molar refractivity (Wildman–Crippen MR) is 69.4 cm³/mol. The van der Waals surface area contributed by atoms with Crippen molar-refractivity contribution in [3.05, 3.63) is 0 Å². The Balaban J connectivity index is 2.86. The van der Waals surface area contributed by atoms with Gasteiger partial charge in [-0.2, -0.15) is 0 Å². The van der Waals surface area contributed by atoms with Gasteiger partial charge in [0.05, 0.1) is 19.3 Å². The molecule has 0 aromatic carbocycles. The summed E-state index contributed by atoms with van der Waals surface area (Å²) in [5.41, 5.74) is 0. The molecule has 0 aromatic rings. The second-order valence-corrected chi connectivity index (χ2v) is 5.28. The average molecular weight is 328 g/mol. The lowest BCUT2D eigenvalue weighted by Gasteiger charge is -2.42. The van der Waals surface area contributed by atoms with E-state index < -0.39 is 68.3 Å². The van der Waals surface area contributed by atoms with E-state index in [1.165, 1.54) is 6.92 Å². The minimum absolute atomic E-state index is 0.670. The Morgan fingerprint density at radius 3 is 2.05 bits per heavy atom. The fraction of sp³-hybridized carbons (Fsp3) is 1.00. The van der Waals surface area contributed by atoms with Gasteiger partial charge in [-0.3, -0.25) is 0 Å². The quantitative estimate of drug-likeness (QED) is 0.226. The summed E-state index contributed by atoms with van der Waals surface area (Å²) in [6.45, 7) is -0.249. The molecule has 1 fully saturated rings. The number of ether oxygens (including phenoxy) is 2. The number of hydrogen-bond acceptors (Lipinski definition) is 10. The van der Waals surface area contributed by atoms with Crippen molar-refractivity contribution in [3.8, 4) is 0 Å². The number of aliphatic hydroxyl groups is 8. The van der Waals surface area contributed by atoms with Gasteiger partial charge in [0.25, 0.3) is 0 Å². The molecule has 8 N–H and O–H groups in total. The molecule has 0 radical (unpaired) electrons. The smallest absolute Gasteiger partial charge is 0.187 e. The fourth-order valence-corrected chi connectivity index (χ4v) is 2.11. The molecule has 0 amide bonds. The van der Waals surface area contributed by atoms with Crippen LogP contribution in [0.2, 0.25) is 0 Å². The highest BCUT2D eigenvalue weighted by Gasteiger charge is 2.46. The molecule has 0 bridgehead atoms. The highest BCUT2D eigenvalue weighted by Crippen LogP contribution is 2.24. The van der Waals surface area contributed by atoms with Crippen LogP contribution >= 0.6 is 0 Å². The normalized spacial score (nSPS) is 38.3. The first-order valence-corrected chi connectivity index (χ1v) is 6.85. The van der Waals surface area contributed by atoms with E-state index in [1.807, 2.05) is 0 Å². The molecule has 1 saturated heterocycles. The summed E-state index contributed by atoms with van der Waals surface area (Å²) in [6.07, 6.45) is -13.9.